The zero-order chi connectivity index (χ0) is 11.4. The van der Waals surface area contributed by atoms with Crippen LogP contribution in [-0.2, 0) is 0 Å². The van der Waals surface area contributed by atoms with Crippen LogP contribution in [0.5, 0.6) is 0 Å². The van der Waals surface area contributed by atoms with Crippen LogP contribution in [0.3, 0.4) is 0 Å². The van der Waals surface area contributed by atoms with Gasteiger partial charge in [-0.05, 0) is 43.5 Å². The minimum absolute atomic E-state index is 0.672. The molecule has 1 aliphatic rings. The van der Waals surface area contributed by atoms with Crippen molar-refractivity contribution >= 4 is 17.4 Å². The Hall–Kier alpha value is -0.670. The Bertz CT molecular complexity index is 323. The summed E-state index contributed by atoms with van der Waals surface area (Å²) in [5, 5.41) is 3.52. The van der Waals surface area contributed by atoms with E-state index in [-0.39, 0.29) is 0 Å². The zero-order valence-electron chi connectivity index (χ0n) is 10.1. The fourth-order valence-corrected chi connectivity index (χ4v) is 2.65. The molecule has 3 heteroatoms. The maximum atomic E-state index is 3.52. The Morgan fingerprint density at radius 2 is 2.12 bits per heavy atom. The molecule has 0 radical (unpaired) electrons. The highest BCUT2D eigenvalue weighted by molar-refractivity contribution is 7.98. The fourth-order valence-electron chi connectivity index (χ4n) is 2.24. The second kappa shape index (κ2) is 5.60. The van der Waals surface area contributed by atoms with Gasteiger partial charge >= 0.3 is 0 Å². The van der Waals surface area contributed by atoms with E-state index >= 15 is 0 Å². The Kier molecular flexibility index (Phi) is 4.13. The zero-order valence-corrected chi connectivity index (χ0v) is 10.9. The number of nitrogens with zero attached hydrogens (tertiary/aromatic N) is 1. The van der Waals surface area contributed by atoms with E-state index in [0.29, 0.717) is 6.04 Å². The predicted octanol–water partition coefficient (Wildman–Crippen LogP) is 2.60. The Balaban J connectivity index is 1.97. The van der Waals surface area contributed by atoms with Crippen molar-refractivity contribution in [2.45, 2.75) is 24.3 Å². The van der Waals surface area contributed by atoms with E-state index < -0.39 is 0 Å². The summed E-state index contributed by atoms with van der Waals surface area (Å²) in [6, 6.07) is 9.56. The van der Waals surface area contributed by atoms with Crippen molar-refractivity contribution in [2.24, 2.45) is 0 Å². The number of hydrogen-bond acceptors (Lipinski definition) is 3. The molecule has 0 bridgehead atoms. The summed E-state index contributed by atoms with van der Waals surface area (Å²) in [5.74, 6) is 0. The van der Waals surface area contributed by atoms with Crippen molar-refractivity contribution in [1.29, 1.82) is 0 Å². The lowest BCUT2D eigenvalue weighted by atomic mass is 10.2. The number of benzene rings is 1. The standard InChI is InChI=1S/C13H20N2S/c1-3-14-11-8-9-15(10-11)12-4-6-13(16-2)7-5-12/h4-7,11,14H,3,8-10H2,1-2H3. The third-order valence-corrected chi connectivity index (χ3v) is 3.86. The topological polar surface area (TPSA) is 15.3 Å². The van der Waals surface area contributed by atoms with E-state index in [9.17, 15) is 0 Å². The molecule has 1 aromatic rings. The van der Waals surface area contributed by atoms with Gasteiger partial charge < -0.3 is 10.2 Å². The summed E-state index contributed by atoms with van der Waals surface area (Å²) in [6.07, 6.45) is 3.38. The maximum Gasteiger partial charge on any atom is 0.0367 e. The van der Waals surface area contributed by atoms with Crippen molar-refractivity contribution in [3.05, 3.63) is 24.3 Å². The van der Waals surface area contributed by atoms with Crippen LogP contribution in [0.15, 0.2) is 29.2 Å². The quantitative estimate of drug-likeness (QED) is 0.809. The van der Waals surface area contributed by atoms with Crippen molar-refractivity contribution in [1.82, 2.24) is 5.32 Å². The highest BCUT2D eigenvalue weighted by atomic mass is 32.2. The molecular weight excluding hydrogens is 216 g/mol. The third-order valence-electron chi connectivity index (χ3n) is 3.12. The Morgan fingerprint density at radius 3 is 2.75 bits per heavy atom. The molecule has 1 unspecified atom stereocenters. The summed E-state index contributed by atoms with van der Waals surface area (Å²) < 4.78 is 0. The summed E-state index contributed by atoms with van der Waals surface area (Å²) in [7, 11) is 0. The summed E-state index contributed by atoms with van der Waals surface area (Å²) in [4.78, 5) is 3.81. The monoisotopic (exact) mass is 236 g/mol. The minimum atomic E-state index is 0.672. The van der Waals surface area contributed by atoms with Gasteiger partial charge in [0, 0.05) is 29.7 Å². The second-order valence-corrected chi connectivity index (χ2v) is 5.07. The highest BCUT2D eigenvalue weighted by Crippen LogP contribution is 2.23. The number of nitrogens with one attached hydrogen (secondary N) is 1. The second-order valence-electron chi connectivity index (χ2n) is 4.19. The number of thioether (sulfide) groups is 1. The van der Waals surface area contributed by atoms with Crippen LogP contribution in [0.25, 0.3) is 0 Å². The molecule has 1 aliphatic heterocycles. The van der Waals surface area contributed by atoms with Crippen molar-refractivity contribution < 1.29 is 0 Å². The molecule has 2 nitrogen and oxygen atoms in total. The van der Waals surface area contributed by atoms with Gasteiger partial charge in [0.25, 0.3) is 0 Å². The largest absolute Gasteiger partial charge is 0.370 e. The molecule has 0 aliphatic carbocycles. The molecule has 1 heterocycles. The normalized spacial score (nSPS) is 20.4. The first-order chi connectivity index (χ1) is 7.83. The first-order valence-corrected chi connectivity index (χ1v) is 7.18. The van der Waals surface area contributed by atoms with Gasteiger partial charge in [-0.2, -0.15) is 0 Å². The fraction of sp³-hybridized carbons (Fsp3) is 0.538. The van der Waals surface area contributed by atoms with E-state index in [1.165, 1.54) is 23.5 Å². The van der Waals surface area contributed by atoms with Crippen molar-refractivity contribution in [3.8, 4) is 0 Å². The number of hydrogen-bond donors (Lipinski definition) is 1. The van der Waals surface area contributed by atoms with Gasteiger partial charge in [0.05, 0.1) is 0 Å². The lowest BCUT2D eigenvalue weighted by molar-refractivity contribution is 0.572. The summed E-state index contributed by atoms with van der Waals surface area (Å²) in [5.41, 5.74) is 1.36. The summed E-state index contributed by atoms with van der Waals surface area (Å²) in [6.45, 7) is 5.57. The first kappa shape index (κ1) is 11.8. The molecule has 1 aromatic carbocycles. The van der Waals surface area contributed by atoms with Crippen LogP contribution in [0.2, 0.25) is 0 Å². The third kappa shape index (κ3) is 2.71. The number of rotatable bonds is 4. The van der Waals surface area contributed by atoms with Crippen LogP contribution in [0.1, 0.15) is 13.3 Å². The molecule has 0 amide bonds. The van der Waals surface area contributed by atoms with Crippen LogP contribution in [0, 0.1) is 0 Å². The molecule has 16 heavy (non-hydrogen) atoms. The lowest BCUT2D eigenvalue weighted by Crippen LogP contribution is -2.32. The van der Waals surface area contributed by atoms with E-state index in [2.05, 4.69) is 47.7 Å². The number of likely N-dealkylation sites (N-methyl/N-ethyl adjacent to an activating group) is 1. The van der Waals surface area contributed by atoms with E-state index in [1.807, 2.05) is 0 Å². The first-order valence-electron chi connectivity index (χ1n) is 5.96. The van der Waals surface area contributed by atoms with Gasteiger partial charge in [-0.15, -0.1) is 11.8 Å². The molecule has 88 valence electrons. The average Bonchev–Trinajstić information content (AvgIpc) is 2.78. The number of anilines is 1. The maximum absolute atomic E-state index is 3.52. The lowest BCUT2D eigenvalue weighted by Gasteiger charge is -2.19. The molecule has 1 N–H and O–H groups in total. The Morgan fingerprint density at radius 1 is 1.38 bits per heavy atom. The van der Waals surface area contributed by atoms with Crippen LogP contribution in [0.4, 0.5) is 5.69 Å². The SMILES string of the molecule is CCNC1CCN(c2ccc(SC)cc2)C1. The molecule has 1 atom stereocenters. The van der Waals surface area contributed by atoms with E-state index in [4.69, 9.17) is 0 Å². The van der Waals surface area contributed by atoms with Crippen LogP contribution in [-0.4, -0.2) is 31.9 Å². The van der Waals surface area contributed by atoms with Gasteiger partial charge in [0.2, 0.25) is 0 Å². The summed E-state index contributed by atoms with van der Waals surface area (Å²) >= 11 is 1.80. The van der Waals surface area contributed by atoms with Crippen molar-refractivity contribution in [2.75, 3.05) is 30.8 Å². The van der Waals surface area contributed by atoms with Gasteiger partial charge in [0.15, 0.2) is 0 Å². The predicted molar refractivity (Wildman–Crippen MR) is 72.5 cm³/mol. The van der Waals surface area contributed by atoms with E-state index in [0.717, 1.165) is 13.1 Å². The van der Waals surface area contributed by atoms with Crippen LogP contribution >= 0.6 is 11.8 Å². The molecule has 1 fully saturated rings. The van der Waals surface area contributed by atoms with Gasteiger partial charge in [-0.25, -0.2) is 0 Å². The van der Waals surface area contributed by atoms with Gasteiger partial charge in [0.1, 0.15) is 0 Å². The Labute approximate surface area is 102 Å². The van der Waals surface area contributed by atoms with Crippen molar-refractivity contribution in [3.63, 3.8) is 0 Å². The molecular formula is C13H20N2S. The molecule has 0 spiro atoms. The van der Waals surface area contributed by atoms with Gasteiger partial charge in [-0.3, -0.25) is 0 Å². The molecule has 1 saturated heterocycles. The van der Waals surface area contributed by atoms with Gasteiger partial charge in [-0.1, -0.05) is 6.92 Å². The molecule has 0 aromatic heterocycles. The average molecular weight is 236 g/mol. The molecule has 0 saturated carbocycles. The van der Waals surface area contributed by atoms with Crippen LogP contribution < -0.4 is 10.2 Å². The smallest absolute Gasteiger partial charge is 0.0367 e. The molecule has 2 rings (SSSR count). The minimum Gasteiger partial charge on any atom is -0.370 e. The highest BCUT2D eigenvalue weighted by Gasteiger charge is 2.21. The van der Waals surface area contributed by atoms with E-state index in [1.54, 1.807) is 11.8 Å².